The molecule has 21 heavy (non-hydrogen) atoms. The average molecular weight is 321 g/mol. The maximum Gasteiger partial charge on any atom is 0.416 e. The number of nitrogens with one attached hydrogen (secondary N) is 2. The summed E-state index contributed by atoms with van der Waals surface area (Å²) < 4.78 is 52.0. The van der Waals surface area contributed by atoms with Gasteiger partial charge in [0.1, 0.15) is 11.6 Å². The fourth-order valence-electron chi connectivity index (χ4n) is 1.57. The summed E-state index contributed by atoms with van der Waals surface area (Å²) in [5.41, 5.74) is 0.944. The first kappa shape index (κ1) is 15.3. The Morgan fingerprint density at radius 1 is 1.14 bits per heavy atom. The summed E-state index contributed by atoms with van der Waals surface area (Å²) in [5.74, 6) is 3.85. The second-order valence-electron chi connectivity index (χ2n) is 3.99. The highest BCUT2D eigenvalue weighted by Gasteiger charge is 2.31. The Morgan fingerprint density at radius 2 is 1.81 bits per heavy atom. The number of nitrogen functional groups attached to an aromatic ring is 1. The van der Waals surface area contributed by atoms with E-state index in [2.05, 4.69) is 10.3 Å². The van der Waals surface area contributed by atoms with E-state index < -0.39 is 17.6 Å². The van der Waals surface area contributed by atoms with E-state index in [1.807, 2.05) is 5.43 Å². The second-order valence-corrected chi connectivity index (χ2v) is 4.40. The minimum atomic E-state index is -4.59. The lowest BCUT2D eigenvalue weighted by atomic mass is 10.2. The lowest BCUT2D eigenvalue weighted by Gasteiger charge is -2.13. The van der Waals surface area contributed by atoms with Gasteiger partial charge in [-0.3, -0.25) is 0 Å². The standard InChI is InChI=1S/C12H9ClF4N4/c13-7-2-1-3-8(11(7)14)19-9-4-6(12(15,16)17)5-10(20-9)21-18/h1-5H,18H2,(H2,19,20,21). The number of pyridine rings is 1. The van der Waals surface area contributed by atoms with Gasteiger partial charge < -0.3 is 10.7 Å². The molecule has 1 aromatic carbocycles. The van der Waals surface area contributed by atoms with E-state index in [1.165, 1.54) is 18.2 Å². The molecule has 0 fully saturated rings. The van der Waals surface area contributed by atoms with Crippen LogP contribution >= 0.6 is 11.6 Å². The van der Waals surface area contributed by atoms with Crippen LogP contribution in [-0.4, -0.2) is 4.98 Å². The van der Waals surface area contributed by atoms with Gasteiger partial charge >= 0.3 is 6.18 Å². The molecule has 0 atom stereocenters. The van der Waals surface area contributed by atoms with Crippen molar-refractivity contribution in [2.24, 2.45) is 5.84 Å². The molecule has 1 heterocycles. The third-order valence-electron chi connectivity index (χ3n) is 2.51. The quantitative estimate of drug-likeness (QED) is 0.455. The van der Waals surface area contributed by atoms with Gasteiger partial charge in [0.2, 0.25) is 0 Å². The maximum absolute atomic E-state index is 13.7. The zero-order chi connectivity index (χ0) is 15.6. The Bertz CT molecular complexity index is 660. The molecule has 1 aromatic heterocycles. The summed E-state index contributed by atoms with van der Waals surface area (Å²) in [5, 5.41) is 2.27. The minimum absolute atomic E-state index is 0.0997. The van der Waals surface area contributed by atoms with Crippen molar-refractivity contribution >= 4 is 28.9 Å². The highest BCUT2D eigenvalue weighted by Crippen LogP contribution is 2.33. The van der Waals surface area contributed by atoms with Crippen LogP contribution in [0.3, 0.4) is 0 Å². The first-order chi connectivity index (χ1) is 9.81. The van der Waals surface area contributed by atoms with Crippen LogP contribution in [0.25, 0.3) is 0 Å². The second kappa shape index (κ2) is 5.74. The van der Waals surface area contributed by atoms with E-state index in [4.69, 9.17) is 17.4 Å². The molecule has 0 aliphatic rings. The average Bonchev–Trinajstić information content (AvgIpc) is 2.42. The van der Waals surface area contributed by atoms with Gasteiger partial charge in [-0.05, 0) is 24.3 Å². The third kappa shape index (κ3) is 3.53. The first-order valence-electron chi connectivity index (χ1n) is 5.58. The number of hydrogen-bond donors (Lipinski definition) is 3. The van der Waals surface area contributed by atoms with E-state index in [-0.39, 0.29) is 22.3 Å². The maximum atomic E-state index is 13.7. The summed E-state index contributed by atoms with van der Waals surface area (Å²) in [6.45, 7) is 0. The Labute approximate surface area is 121 Å². The first-order valence-corrected chi connectivity index (χ1v) is 5.96. The van der Waals surface area contributed by atoms with Crippen LogP contribution in [0.4, 0.5) is 34.9 Å². The van der Waals surface area contributed by atoms with Crippen molar-refractivity contribution < 1.29 is 17.6 Å². The van der Waals surface area contributed by atoms with E-state index in [9.17, 15) is 17.6 Å². The van der Waals surface area contributed by atoms with Crippen molar-refractivity contribution in [2.75, 3.05) is 10.7 Å². The molecule has 4 nitrogen and oxygen atoms in total. The smallest absolute Gasteiger partial charge is 0.338 e. The van der Waals surface area contributed by atoms with Crippen LogP contribution < -0.4 is 16.6 Å². The Kier molecular flexibility index (Phi) is 4.19. The summed E-state index contributed by atoms with van der Waals surface area (Å²) in [4.78, 5) is 3.77. The van der Waals surface area contributed by atoms with Gasteiger partial charge in [-0.15, -0.1) is 0 Å². The molecule has 0 aliphatic heterocycles. The molecular weight excluding hydrogens is 312 g/mol. The van der Waals surface area contributed by atoms with Crippen LogP contribution in [0.2, 0.25) is 5.02 Å². The summed E-state index contributed by atoms with van der Waals surface area (Å²) in [6.07, 6.45) is -4.59. The molecule has 0 spiro atoms. The molecule has 0 aliphatic carbocycles. The van der Waals surface area contributed by atoms with E-state index in [0.29, 0.717) is 0 Å². The molecule has 0 saturated carbocycles. The predicted octanol–water partition coefficient (Wildman–Crippen LogP) is 3.92. The normalized spacial score (nSPS) is 11.3. The van der Waals surface area contributed by atoms with Gasteiger partial charge in [0.05, 0.1) is 16.3 Å². The SMILES string of the molecule is NNc1cc(C(F)(F)F)cc(Nc2cccc(Cl)c2F)n1. The number of hydrogen-bond acceptors (Lipinski definition) is 4. The van der Waals surface area contributed by atoms with Crippen molar-refractivity contribution in [3.8, 4) is 0 Å². The number of hydrazine groups is 1. The van der Waals surface area contributed by atoms with E-state index >= 15 is 0 Å². The third-order valence-corrected chi connectivity index (χ3v) is 2.81. The van der Waals surface area contributed by atoms with Gasteiger partial charge in [-0.2, -0.15) is 13.2 Å². The number of rotatable bonds is 3. The van der Waals surface area contributed by atoms with Crippen LogP contribution in [0, 0.1) is 5.82 Å². The topological polar surface area (TPSA) is 63.0 Å². The largest absolute Gasteiger partial charge is 0.416 e. The van der Waals surface area contributed by atoms with Crippen molar-refractivity contribution in [1.82, 2.24) is 4.98 Å². The number of nitrogens with two attached hydrogens (primary N) is 1. The number of alkyl halides is 3. The van der Waals surface area contributed by atoms with Gasteiger partial charge in [-0.1, -0.05) is 17.7 Å². The molecule has 4 N–H and O–H groups in total. The molecule has 0 radical (unpaired) electrons. The lowest BCUT2D eigenvalue weighted by Crippen LogP contribution is -2.13. The summed E-state index contributed by atoms with van der Waals surface area (Å²) in [6, 6.07) is 5.55. The van der Waals surface area contributed by atoms with Gasteiger partial charge in [0.25, 0.3) is 0 Å². The molecule has 0 bridgehead atoms. The highest BCUT2D eigenvalue weighted by molar-refractivity contribution is 6.31. The van der Waals surface area contributed by atoms with Crippen molar-refractivity contribution in [3.63, 3.8) is 0 Å². The molecule has 2 aromatic rings. The number of halogens is 5. The minimum Gasteiger partial charge on any atom is -0.338 e. The van der Waals surface area contributed by atoms with Crippen LogP contribution in [0.1, 0.15) is 5.56 Å². The van der Waals surface area contributed by atoms with Gasteiger partial charge in [0.15, 0.2) is 5.82 Å². The fraction of sp³-hybridized carbons (Fsp3) is 0.0833. The lowest BCUT2D eigenvalue weighted by molar-refractivity contribution is -0.137. The molecule has 0 amide bonds. The number of aromatic nitrogens is 1. The summed E-state index contributed by atoms with van der Waals surface area (Å²) in [7, 11) is 0. The Balaban J connectivity index is 2.42. The zero-order valence-corrected chi connectivity index (χ0v) is 11.1. The molecular formula is C12H9ClF4N4. The number of nitrogens with zero attached hydrogens (tertiary/aromatic N) is 1. The number of anilines is 3. The van der Waals surface area contributed by atoms with E-state index in [0.717, 1.165) is 12.1 Å². The Hall–Kier alpha value is -2.06. The van der Waals surface area contributed by atoms with Crippen LogP contribution in [0.15, 0.2) is 30.3 Å². The molecule has 9 heteroatoms. The zero-order valence-electron chi connectivity index (χ0n) is 10.3. The van der Waals surface area contributed by atoms with Gasteiger partial charge in [-0.25, -0.2) is 15.2 Å². The molecule has 0 saturated heterocycles. The van der Waals surface area contributed by atoms with Crippen LogP contribution in [-0.2, 0) is 6.18 Å². The molecule has 2 rings (SSSR count). The van der Waals surface area contributed by atoms with Crippen LogP contribution in [0.5, 0.6) is 0 Å². The highest BCUT2D eigenvalue weighted by atomic mass is 35.5. The fourth-order valence-corrected chi connectivity index (χ4v) is 1.75. The summed E-state index contributed by atoms with van der Waals surface area (Å²) >= 11 is 5.59. The number of benzene rings is 1. The predicted molar refractivity (Wildman–Crippen MR) is 71.7 cm³/mol. The van der Waals surface area contributed by atoms with Crippen molar-refractivity contribution in [3.05, 3.63) is 46.7 Å². The van der Waals surface area contributed by atoms with Crippen molar-refractivity contribution in [1.29, 1.82) is 0 Å². The monoisotopic (exact) mass is 320 g/mol. The molecule has 0 unspecified atom stereocenters. The Morgan fingerprint density at radius 3 is 2.43 bits per heavy atom. The van der Waals surface area contributed by atoms with E-state index in [1.54, 1.807) is 0 Å². The molecule has 112 valence electrons. The van der Waals surface area contributed by atoms with Gasteiger partial charge in [0, 0.05) is 0 Å². The van der Waals surface area contributed by atoms with Crippen molar-refractivity contribution in [2.45, 2.75) is 6.18 Å².